The first-order chi connectivity index (χ1) is 14.0. The van der Waals surface area contributed by atoms with Gasteiger partial charge in [-0.25, -0.2) is 0 Å². The zero-order valence-electron chi connectivity index (χ0n) is 17.1. The Kier molecular flexibility index (Phi) is 5.03. The van der Waals surface area contributed by atoms with E-state index in [0.29, 0.717) is 17.4 Å². The average molecular weight is 380 g/mol. The second-order valence-corrected chi connectivity index (χ2v) is 8.25. The van der Waals surface area contributed by atoms with Crippen molar-refractivity contribution in [2.75, 3.05) is 0 Å². The van der Waals surface area contributed by atoms with Gasteiger partial charge in [0.05, 0.1) is 17.3 Å². The number of nitriles is 1. The lowest BCUT2D eigenvalue weighted by Crippen LogP contribution is -2.38. The molecule has 0 aliphatic heterocycles. The third-order valence-corrected chi connectivity index (χ3v) is 6.57. The maximum absolute atomic E-state index is 9.33. The number of hydrogen-bond donors (Lipinski definition) is 0. The summed E-state index contributed by atoms with van der Waals surface area (Å²) in [4.78, 5) is 8.97. The van der Waals surface area contributed by atoms with Crippen LogP contribution < -0.4 is 0 Å². The van der Waals surface area contributed by atoms with Crippen LogP contribution in [0.1, 0.15) is 43.2 Å². The molecule has 4 rings (SSSR count). The molecule has 0 fully saturated rings. The van der Waals surface area contributed by atoms with Gasteiger partial charge in [-0.15, -0.1) is 0 Å². The lowest BCUT2D eigenvalue weighted by molar-refractivity contribution is 0.252. The summed E-state index contributed by atoms with van der Waals surface area (Å²) >= 11 is 0. The highest BCUT2D eigenvalue weighted by Crippen LogP contribution is 2.45. The molecule has 3 atom stereocenters. The molecule has 3 aromatic rings. The molecule has 0 amide bonds. The summed E-state index contributed by atoms with van der Waals surface area (Å²) in [5.74, 6) is 1.12. The average Bonchev–Trinajstić information content (AvgIpc) is 2.77. The van der Waals surface area contributed by atoms with Gasteiger partial charge in [0.2, 0.25) is 0 Å². The Hall–Kier alpha value is -3.25. The molecule has 2 heterocycles. The molecule has 0 bridgehead atoms. The number of fused-ring (bicyclic) bond motifs is 1. The zero-order chi connectivity index (χ0) is 20.4. The fourth-order valence-electron chi connectivity index (χ4n) is 4.47. The minimum absolute atomic E-state index is 0.0519. The van der Waals surface area contributed by atoms with Crippen molar-refractivity contribution in [2.24, 2.45) is 11.8 Å². The predicted molar refractivity (Wildman–Crippen MR) is 117 cm³/mol. The van der Waals surface area contributed by atoms with Crippen molar-refractivity contribution in [3.05, 3.63) is 89.5 Å². The summed E-state index contributed by atoms with van der Waals surface area (Å²) in [5, 5.41) is 9.33. The Labute approximate surface area is 172 Å². The van der Waals surface area contributed by atoms with E-state index in [4.69, 9.17) is 0 Å². The van der Waals surface area contributed by atoms with Crippen LogP contribution in [0.2, 0.25) is 0 Å². The first kappa shape index (κ1) is 19.1. The van der Waals surface area contributed by atoms with Crippen molar-refractivity contribution >= 4 is 6.08 Å². The Morgan fingerprint density at radius 1 is 1.10 bits per heavy atom. The van der Waals surface area contributed by atoms with E-state index in [9.17, 15) is 5.26 Å². The number of hydrogen-bond acceptors (Lipinski definition) is 3. The van der Waals surface area contributed by atoms with E-state index < -0.39 is 0 Å². The van der Waals surface area contributed by atoms with Gasteiger partial charge in [0.1, 0.15) is 0 Å². The van der Waals surface area contributed by atoms with Gasteiger partial charge in [-0.3, -0.25) is 9.97 Å². The molecule has 3 nitrogen and oxygen atoms in total. The number of rotatable bonds is 3. The maximum Gasteiger partial charge on any atom is 0.0998 e. The SMILES string of the molecule is C[C@@H]1[C@@H](C)Cc2cnccc2[C@@]1(C)/C=C/c1ccc(-c2ccccc2C#N)cn1. The lowest BCUT2D eigenvalue weighted by Gasteiger charge is -2.43. The molecule has 0 N–H and O–H groups in total. The number of pyridine rings is 2. The highest BCUT2D eigenvalue weighted by molar-refractivity contribution is 5.70. The second-order valence-electron chi connectivity index (χ2n) is 8.25. The van der Waals surface area contributed by atoms with Crippen molar-refractivity contribution in [2.45, 2.75) is 32.6 Å². The van der Waals surface area contributed by atoms with Gasteiger partial charge in [0.25, 0.3) is 0 Å². The molecular weight excluding hydrogens is 354 g/mol. The van der Waals surface area contributed by atoms with E-state index in [1.165, 1.54) is 11.1 Å². The topological polar surface area (TPSA) is 49.6 Å². The third-order valence-electron chi connectivity index (χ3n) is 6.57. The summed E-state index contributed by atoms with van der Waals surface area (Å²) in [6.45, 7) is 6.99. The van der Waals surface area contributed by atoms with Crippen LogP contribution in [0.4, 0.5) is 0 Å². The third kappa shape index (κ3) is 3.47. The van der Waals surface area contributed by atoms with E-state index in [0.717, 1.165) is 23.2 Å². The summed E-state index contributed by atoms with van der Waals surface area (Å²) in [7, 11) is 0. The second kappa shape index (κ2) is 7.64. The van der Waals surface area contributed by atoms with E-state index in [1.54, 1.807) is 0 Å². The van der Waals surface area contributed by atoms with Crippen LogP contribution in [0, 0.1) is 23.2 Å². The van der Waals surface area contributed by atoms with Gasteiger partial charge in [-0.2, -0.15) is 5.26 Å². The van der Waals surface area contributed by atoms with Crippen LogP contribution in [0.3, 0.4) is 0 Å². The van der Waals surface area contributed by atoms with Gasteiger partial charge in [0, 0.05) is 35.1 Å². The van der Waals surface area contributed by atoms with Crippen LogP contribution in [0.25, 0.3) is 17.2 Å². The molecule has 1 aromatic carbocycles. The molecule has 0 unspecified atom stereocenters. The number of nitrogens with zero attached hydrogens (tertiary/aromatic N) is 3. The van der Waals surface area contributed by atoms with Crippen LogP contribution in [0.15, 0.2) is 67.1 Å². The molecule has 2 aromatic heterocycles. The molecule has 1 aliphatic rings. The summed E-state index contributed by atoms with van der Waals surface area (Å²) in [6.07, 6.45) is 11.3. The Morgan fingerprint density at radius 3 is 2.69 bits per heavy atom. The molecule has 0 spiro atoms. The maximum atomic E-state index is 9.33. The molecule has 0 saturated heterocycles. The van der Waals surface area contributed by atoms with E-state index >= 15 is 0 Å². The molecule has 144 valence electrons. The number of allylic oxidation sites excluding steroid dienone is 1. The van der Waals surface area contributed by atoms with Crippen molar-refractivity contribution in [3.8, 4) is 17.2 Å². The Morgan fingerprint density at radius 2 is 1.93 bits per heavy atom. The Bertz CT molecular complexity index is 1090. The highest BCUT2D eigenvalue weighted by Gasteiger charge is 2.39. The molecular formula is C26H25N3. The number of aromatic nitrogens is 2. The van der Waals surface area contributed by atoms with Crippen LogP contribution in [0.5, 0.6) is 0 Å². The largest absolute Gasteiger partial charge is 0.264 e. The smallest absolute Gasteiger partial charge is 0.0998 e. The fraction of sp³-hybridized carbons (Fsp3) is 0.269. The van der Waals surface area contributed by atoms with Gasteiger partial charge in [0.15, 0.2) is 0 Å². The summed E-state index contributed by atoms with van der Waals surface area (Å²) in [6, 6.07) is 16.1. The van der Waals surface area contributed by atoms with Crippen molar-refractivity contribution < 1.29 is 0 Å². The molecule has 3 heteroatoms. The van der Waals surface area contributed by atoms with E-state index in [-0.39, 0.29) is 5.41 Å². The van der Waals surface area contributed by atoms with Crippen LogP contribution in [-0.2, 0) is 11.8 Å². The normalized spacial score (nSPS) is 23.5. The molecule has 1 aliphatic carbocycles. The minimum atomic E-state index is -0.0519. The van der Waals surface area contributed by atoms with Gasteiger partial charge >= 0.3 is 0 Å². The lowest BCUT2D eigenvalue weighted by atomic mass is 9.61. The molecule has 29 heavy (non-hydrogen) atoms. The highest BCUT2D eigenvalue weighted by atomic mass is 14.7. The van der Waals surface area contributed by atoms with Gasteiger partial charge in [-0.1, -0.05) is 51.1 Å². The summed E-state index contributed by atoms with van der Waals surface area (Å²) in [5.41, 5.74) is 6.13. The Balaban J connectivity index is 1.65. The molecule has 0 radical (unpaired) electrons. The first-order valence-corrected chi connectivity index (χ1v) is 10.1. The van der Waals surface area contributed by atoms with Crippen molar-refractivity contribution in [1.82, 2.24) is 9.97 Å². The standard InChI is InChI=1S/C26H25N3/c1-18-14-22-16-28-13-11-25(22)26(3,19(18)2)12-10-23-9-8-21(17-29-23)24-7-5-4-6-20(24)15-27/h4-13,16-19H,14H2,1-3H3/b12-10+/t18-,19+,26-/m0/s1. The quantitative estimate of drug-likeness (QED) is 0.576. The fourth-order valence-corrected chi connectivity index (χ4v) is 4.47. The monoisotopic (exact) mass is 379 g/mol. The van der Waals surface area contributed by atoms with E-state index in [2.05, 4.69) is 55.0 Å². The summed E-state index contributed by atoms with van der Waals surface area (Å²) < 4.78 is 0. The molecule has 0 saturated carbocycles. The van der Waals surface area contributed by atoms with Crippen molar-refractivity contribution in [1.29, 1.82) is 5.26 Å². The van der Waals surface area contributed by atoms with Crippen LogP contribution >= 0.6 is 0 Å². The number of benzene rings is 1. The van der Waals surface area contributed by atoms with Crippen molar-refractivity contribution in [3.63, 3.8) is 0 Å². The van der Waals surface area contributed by atoms with Gasteiger partial charge in [-0.05, 0) is 53.7 Å². The minimum Gasteiger partial charge on any atom is -0.264 e. The first-order valence-electron chi connectivity index (χ1n) is 10.1. The van der Waals surface area contributed by atoms with E-state index in [1.807, 2.05) is 55.0 Å². The van der Waals surface area contributed by atoms with Gasteiger partial charge < -0.3 is 0 Å². The van der Waals surface area contributed by atoms with Crippen LogP contribution in [-0.4, -0.2) is 9.97 Å². The zero-order valence-corrected chi connectivity index (χ0v) is 17.1. The predicted octanol–water partition coefficient (Wildman–Crippen LogP) is 5.81.